The fraction of sp³-hybridized carbons (Fsp3) is 0.250. The molecular weight excluding hydrogens is 1780 g/mol. The van der Waals surface area contributed by atoms with Gasteiger partial charge in [0.25, 0.3) is 0 Å². The Bertz CT molecular complexity index is 9180. The largest absolute Gasteiger partial charge is 2.00 e. The molecule has 16 aromatic carbocycles. The molecule has 8 nitrogen and oxygen atoms in total. The van der Waals surface area contributed by atoms with E-state index in [1.165, 1.54) is 109 Å². The van der Waals surface area contributed by atoms with Crippen molar-refractivity contribution in [2.45, 2.75) is 209 Å². The molecule has 0 aliphatic heterocycles. The Labute approximate surface area is 829 Å². The molecule has 10 aromatic heterocycles. The second kappa shape index (κ2) is 28.9. The average Bonchev–Trinajstić information content (AvgIpc) is 1.41. The molecule has 10 heterocycles. The summed E-state index contributed by atoms with van der Waals surface area (Å²) in [6, 6.07) is 89.9. The van der Waals surface area contributed by atoms with Crippen LogP contribution < -0.4 is 19.9 Å². The van der Waals surface area contributed by atoms with Gasteiger partial charge in [-0.2, -0.15) is 0 Å². The molecule has 666 valence electrons. The van der Waals surface area contributed by atoms with Crippen molar-refractivity contribution in [3.63, 3.8) is 0 Å². The van der Waals surface area contributed by atoms with Gasteiger partial charge in [-0.25, -0.2) is 19.9 Å². The molecule has 26 aromatic rings. The Hall–Kier alpha value is -12.8. The van der Waals surface area contributed by atoms with Gasteiger partial charge in [0, 0.05) is 21.5 Å². The molecule has 16 bridgehead atoms. The molecule has 10 heteroatoms. The van der Waals surface area contributed by atoms with Gasteiger partial charge in [-0.15, -0.1) is 44.1 Å². The van der Waals surface area contributed by atoms with Crippen molar-refractivity contribution in [3.05, 3.63) is 275 Å². The summed E-state index contributed by atoms with van der Waals surface area (Å²) in [4.78, 5) is 51.0. The maximum atomic E-state index is 6.50. The number of hydrogen-bond donors (Lipinski definition) is 0. The van der Waals surface area contributed by atoms with Crippen LogP contribution in [0.25, 0.3) is 273 Å². The second-order valence-electron chi connectivity index (χ2n) is 48.4. The summed E-state index contributed by atoms with van der Waals surface area (Å²) in [5.41, 5.74) is 28.8. The summed E-state index contributed by atoms with van der Waals surface area (Å²) in [5.74, 6) is 0. The number of nitrogens with zero attached hydrogens (tertiary/aromatic N) is 8. The molecule has 0 spiro atoms. The smallest absolute Gasteiger partial charge is 0.657 e. The normalized spacial score (nSPS) is 13.5. The molecule has 0 fully saturated rings. The van der Waals surface area contributed by atoms with E-state index in [2.05, 4.69) is 397 Å². The van der Waals surface area contributed by atoms with Gasteiger partial charge < -0.3 is 19.9 Å². The summed E-state index contributed by atoms with van der Waals surface area (Å²) >= 11 is 0. The van der Waals surface area contributed by atoms with Crippen molar-refractivity contribution >= 4 is 228 Å². The molecule has 0 aliphatic carbocycles. The van der Waals surface area contributed by atoms with Crippen LogP contribution >= 0.6 is 0 Å². The van der Waals surface area contributed by atoms with Gasteiger partial charge in [0.05, 0.1) is 44.1 Å². The van der Waals surface area contributed by atoms with Crippen LogP contribution in [0.15, 0.2) is 231 Å². The Morgan fingerprint density at radius 2 is 0.420 bits per heavy atom. The van der Waals surface area contributed by atoms with Gasteiger partial charge in [0.1, 0.15) is 0 Å². The molecule has 138 heavy (non-hydrogen) atoms. The first-order valence-electron chi connectivity index (χ1n) is 48.8. The van der Waals surface area contributed by atoms with Crippen LogP contribution in [0.4, 0.5) is 0 Å². The minimum Gasteiger partial charge on any atom is -0.657 e. The van der Waals surface area contributed by atoms with E-state index < -0.39 is 0 Å². The van der Waals surface area contributed by atoms with Crippen molar-refractivity contribution in [1.29, 1.82) is 0 Å². The zero-order valence-corrected chi connectivity index (χ0v) is 89.9. The summed E-state index contributed by atoms with van der Waals surface area (Å²) in [6.45, 7) is 56.2. The average molecular weight is 1890 g/mol. The van der Waals surface area contributed by atoms with Crippen LogP contribution in [0.5, 0.6) is 0 Å². The van der Waals surface area contributed by atoms with E-state index >= 15 is 0 Å². The fourth-order valence-corrected chi connectivity index (χ4v) is 23.2. The number of rotatable bonds is 4. The third-order valence-electron chi connectivity index (χ3n) is 30.9. The summed E-state index contributed by atoms with van der Waals surface area (Å²) < 4.78 is 0. The van der Waals surface area contributed by atoms with Crippen LogP contribution in [0.2, 0.25) is 0 Å². The molecule has 0 atom stereocenters. The second-order valence-corrected chi connectivity index (χ2v) is 48.4. The fourth-order valence-electron chi connectivity index (χ4n) is 23.2. The maximum Gasteiger partial charge on any atom is 2.00 e. The predicted molar refractivity (Wildman–Crippen MR) is 583 cm³/mol. The Morgan fingerprint density at radius 1 is 0.174 bits per heavy atom. The van der Waals surface area contributed by atoms with Gasteiger partial charge in [-0.3, -0.25) is 0 Å². The quantitative estimate of drug-likeness (QED) is 0.0974. The first-order chi connectivity index (χ1) is 64.4. The minimum atomic E-state index is -0.257. The van der Waals surface area contributed by atoms with Crippen LogP contribution in [0, 0.1) is 0 Å². The number of fused-ring (bicyclic) bond motifs is 18. The Balaban J connectivity index is 0.00000518. The van der Waals surface area contributed by atoms with E-state index in [0.717, 1.165) is 208 Å². The van der Waals surface area contributed by atoms with Gasteiger partial charge >= 0.3 is 39.0 Å². The van der Waals surface area contributed by atoms with E-state index in [9.17, 15) is 0 Å². The van der Waals surface area contributed by atoms with Crippen molar-refractivity contribution < 1.29 is 39.0 Å². The maximum absolute atomic E-state index is 6.50. The van der Waals surface area contributed by atoms with E-state index in [4.69, 9.17) is 39.9 Å². The summed E-state index contributed by atoms with van der Waals surface area (Å²) in [6.07, 6.45) is 0. The zero-order valence-electron chi connectivity index (χ0n) is 83.9. The van der Waals surface area contributed by atoms with Gasteiger partial charge in [0.2, 0.25) is 0 Å². The summed E-state index contributed by atoms with van der Waals surface area (Å²) in [7, 11) is 0. The molecule has 0 unspecified atom stereocenters. The van der Waals surface area contributed by atoms with Crippen molar-refractivity contribution in [2.75, 3.05) is 0 Å². The molecule has 26 rings (SSSR count). The molecular formula is C128H110N8Zn2. The van der Waals surface area contributed by atoms with E-state index in [0.29, 0.717) is 0 Å². The number of hydrogen-bond acceptors (Lipinski definition) is 4. The molecule has 0 radical (unpaired) electrons. The van der Waals surface area contributed by atoms with Crippen LogP contribution in [-0.4, -0.2) is 19.9 Å². The Kier molecular flexibility index (Phi) is 18.4. The van der Waals surface area contributed by atoms with Crippen molar-refractivity contribution in [3.8, 4) is 44.5 Å². The molecule has 0 saturated heterocycles. The number of aromatic nitrogens is 8. The van der Waals surface area contributed by atoms with Gasteiger partial charge in [-0.05, 0) is 287 Å². The van der Waals surface area contributed by atoms with E-state index in [-0.39, 0.29) is 82.3 Å². The van der Waals surface area contributed by atoms with Crippen molar-refractivity contribution in [2.24, 2.45) is 0 Å². The zero-order chi connectivity index (χ0) is 94.0. The van der Waals surface area contributed by atoms with Gasteiger partial charge in [-0.1, -0.05) is 360 Å². The minimum absolute atomic E-state index is 0. The molecule has 0 amide bonds. The topological polar surface area (TPSA) is 108 Å². The van der Waals surface area contributed by atoms with Crippen molar-refractivity contribution in [1.82, 2.24) is 39.9 Å². The monoisotopic (exact) mass is 1890 g/mol. The molecule has 0 aliphatic rings. The van der Waals surface area contributed by atoms with E-state index in [1.807, 2.05) is 0 Å². The molecule has 0 N–H and O–H groups in total. The molecule has 0 saturated carbocycles. The SMILES string of the molecule is CC(C)(C)c1cc(-c2c3cc4c5cc6[n-]c5c5c7nc(cc7c7cc([n-]c7c5c4n3)c(-c3cc(C(C)(C)C)cc(C(C)(C)C)c3)c3cc4c5cc7cccc8ccc9ccc(c(c%10ccc2[n-]%10)c4n3)c5c9c87)c(-c2cc(C(C)(C)C)cc(C(C)(C)C)c2)c2ccc([n-]2)c2c3ccc4ccc5cccc7cc(c8cc(nc82)c6-c2cc(C(C)(C)C)cc(C(C)(C)C)c2)c3c4c57)cc(C(C)(C)C)c1.[Zn+2].[Zn+2]. The summed E-state index contributed by atoms with van der Waals surface area (Å²) in [5, 5.41) is 28.8. The standard InChI is InChI=1S/C128H110N8.2Zn/c1-121(2,3)73-43-69(44-74(53-73)122(4,5)6)103-91-39-41-93(129-91)111-81-37-35-65-33-31-63-27-25-29-67-51-83(109(81)107(65)101(63)67)85-57-97(131-115(85)111)106(72-49-79(127(19,20)21)56-80(50-72)128(22,23)24)100-62-90-88-60-96-104(70-45-75(123(7,8)9)54-76(46-70)124(10,11)12)92-40-42-94(130-92)112-82-38-36-66-34-32-64-28-26-30-68-52-84(110(82)108(66)102(64)68)86-58-98(132-116(86)112)105(71-47-77(125(13,14)15)55-78(48-71)126(16,17)18)99-61-89-87-59-95(103)133-117(87)113(120(90)136-100)114(118(88)134-96)119(89)135-99;;/h25-62H,1-24H3;;/q-4;2*+2. The van der Waals surface area contributed by atoms with E-state index in [1.54, 1.807) is 0 Å². The third-order valence-corrected chi connectivity index (χ3v) is 30.9. The van der Waals surface area contributed by atoms with Gasteiger partial charge in [0.15, 0.2) is 0 Å². The third kappa shape index (κ3) is 12.9. The first kappa shape index (κ1) is 87.9. The number of benzene rings is 16. The first-order valence-corrected chi connectivity index (χ1v) is 48.8. The Morgan fingerprint density at radius 3 is 0.710 bits per heavy atom. The predicted octanol–water partition coefficient (Wildman–Crippen LogP) is 34.7. The van der Waals surface area contributed by atoms with Crippen LogP contribution in [-0.2, 0) is 82.3 Å². The van der Waals surface area contributed by atoms with Crippen LogP contribution in [0.3, 0.4) is 0 Å². The van der Waals surface area contributed by atoms with Crippen LogP contribution in [0.1, 0.15) is 211 Å².